The van der Waals surface area contributed by atoms with E-state index in [1.807, 2.05) is 29.2 Å². The number of hydrogen-bond acceptors (Lipinski definition) is 4. The zero-order valence-electron chi connectivity index (χ0n) is 12.2. The van der Waals surface area contributed by atoms with E-state index in [0.717, 1.165) is 35.8 Å². The van der Waals surface area contributed by atoms with E-state index in [1.165, 1.54) is 5.56 Å². The lowest BCUT2D eigenvalue weighted by Crippen LogP contribution is -2.36. The van der Waals surface area contributed by atoms with Gasteiger partial charge < -0.3 is 18.8 Å². The number of ether oxygens (including phenoxy) is 2. The molecule has 0 unspecified atom stereocenters. The van der Waals surface area contributed by atoms with Crippen LogP contribution in [0.25, 0.3) is 0 Å². The predicted molar refractivity (Wildman–Crippen MR) is 78.7 cm³/mol. The predicted octanol–water partition coefficient (Wildman–Crippen LogP) is 2.53. The molecule has 3 heterocycles. The van der Waals surface area contributed by atoms with Crippen molar-refractivity contribution in [3.8, 4) is 11.5 Å². The summed E-state index contributed by atoms with van der Waals surface area (Å²) in [4.78, 5) is 14.3. The molecular weight excluding hydrogens is 282 g/mol. The summed E-state index contributed by atoms with van der Waals surface area (Å²) in [5.74, 6) is 2.62. The first kappa shape index (κ1) is 13.2. The summed E-state index contributed by atoms with van der Waals surface area (Å²) < 4.78 is 16.1. The summed E-state index contributed by atoms with van der Waals surface area (Å²) in [5.41, 5.74) is 2.40. The molecule has 2 aromatic rings. The number of rotatable bonds is 3. The van der Waals surface area contributed by atoms with Crippen LogP contribution in [0.1, 0.15) is 23.3 Å². The second-order valence-corrected chi connectivity index (χ2v) is 5.62. The summed E-state index contributed by atoms with van der Waals surface area (Å²) in [7, 11) is 0. The highest BCUT2D eigenvalue weighted by Crippen LogP contribution is 2.36. The van der Waals surface area contributed by atoms with Gasteiger partial charge in [-0.2, -0.15) is 0 Å². The van der Waals surface area contributed by atoms with Crippen molar-refractivity contribution in [2.75, 3.05) is 13.3 Å². The highest BCUT2D eigenvalue weighted by atomic mass is 16.7. The summed E-state index contributed by atoms with van der Waals surface area (Å²) in [5, 5.41) is 0. The Bertz CT molecular complexity index is 693. The molecule has 0 N–H and O–H groups in total. The van der Waals surface area contributed by atoms with E-state index in [4.69, 9.17) is 13.9 Å². The number of carbonyl (C=O) groups excluding carboxylic acids is 1. The number of amides is 1. The van der Waals surface area contributed by atoms with Gasteiger partial charge in [0.15, 0.2) is 11.5 Å². The molecule has 1 amide bonds. The molecule has 0 atom stereocenters. The van der Waals surface area contributed by atoms with Gasteiger partial charge in [-0.1, -0.05) is 0 Å². The molecule has 2 aliphatic rings. The lowest BCUT2D eigenvalue weighted by Gasteiger charge is -2.29. The second-order valence-electron chi connectivity index (χ2n) is 5.62. The molecule has 5 heteroatoms. The molecule has 22 heavy (non-hydrogen) atoms. The first-order valence-corrected chi connectivity index (χ1v) is 7.51. The van der Waals surface area contributed by atoms with Gasteiger partial charge in [-0.3, -0.25) is 4.79 Å². The van der Waals surface area contributed by atoms with Gasteiger partial charge >= 0.3 is 0 Å². The summed E-state index contributed by atoms with van der Waals surface area (Å²) in [6.45, 7) is 1.68. The number of nitrogens with zero attached hydrogens (tertiary/aromatic N) is 1. The minimum absolute atomic E-state index is 0.166. The number of aryl methyl sites for hydroxylation is 1. The standard InChI is InChI=1S/C17H17NO4/c19-17(4-3-14-2-1-7-20-14)18-6-5-12-8-15-16(22-11-21-15)9-13(12)10-18/h1-2,7-9H,3-6,10-11H2. The average Bonchev–Trinajstić information content (AvgIpc) is 3.20. The number of hydrogen-bond donors (Lipinski definition) is 0. The van der Waals surface area contributed by atoms with Gasteiger partial charge in [0.25, 0.3) is 0 Å². The van der Waals surface area contributed by atoms with E-state index < -0.39 is 0 Å². The van der Waals surface area contributed by atoms with E-state index in [1.54, 1.807) is 6.26 Å². The molecule has 0 saturated heterocycles. The van der Waals surface area contributed by atoms with Crippen LogP contribution in [0.15, 0.2) is 34.9 Å². The molecule has 0 fully saturated rings. The van der Waals surface area contributed by atoms with Crippen LogP contribution >= 0.6 is 0 Å². The third kappa shape index (κ3) is 2.43. The SMILES string of the molecule is O=C(CCc1ccco1)N1CCc2cc3c(cc2C1)OCO3. The first-order valence-electron chi connectivity index (χ1n) is 7.51. The van der Waals surface area contributed by atoms with Crippen LogP contribution in [-0.4, -0.2) is 24.1 Å². The Morgan fingerprint density at radius 1 is 1.18 bits per heavy atom. The highest BCUT2D eigenvalue weighted by Gasteiger charge is 2.24. The smallest absolute Gasteiger partial charge is 0.231 e. The molecule has 0 spiro atoms. The van der Waals surface area contributed by atoms with Crippen molar-refractivity contribution in [1.82, 2.24) is 4.90 Å². The van der Waals surface area contributed by atoms with Crippen molar-refractivity contribution < 1.29 is 18.7 Å². The Hall–Kier alpha value is -2.43. The molecule has 4 rings (SSSR count). The Labute approximate surface area is 128 Å². The van der Waals surface area contributed by atoms with Crippen LogP contribution < -0.4 is 9.47 Å². The van der Waals surface area contributed by atoms with Crippen molar-refractivity contribution in [2.45, 2.75) is 25.8 Å². The largest absolute Gasteiger partial charge is 0.469 e. The molecule has 0 aliphatic carbocycles. The maximum atomic E-state index is 12.4. The zero-order valence-corrected chi connectivity index (χ0v) is 12.2. The summed E-state index contributed by atoms with van der Waals surface area (Å²) in [6, 6.07) is 7.80. The number of furan rings is 1. The third-order valence-electron chi connectivity index (χ3n) is 4.23. The fourth-order valence-corrected chi connectivity index (χ4v) is 3.00. The lowest BCUT2D eigenvalue weighted by molar-refractivity contribution is -0.132. The van der Waals surface area contributed by atoms with Gasteiger partial charge in [0.1, 0.15) is 5.76 Å². The maximum absolute atomic E-state index is 12.4. The van der Waals surface area contributed by atoms with Crippen LogP contribution in [0.2, 0.25) is 0 Å². The van der Waals surface area contributed by atoms with E-state index in [0.29, 0.717) is 19.4 Å². The average molecular weight is 299 g/mol. The first-order chi connectivity index (χ1) is 10.8. The molecule has 0 radical (unpaired) electrons. The maximum Gasteiger partial charge on any atom is 0.231 e. The van der Waals surface area contributed by atoms with E-state index in [9.17, 15) is 4.79 Å². The molecular formula is C17H17NO4. The Balaban J connectivity index is 1.44. The molecule has 0 bridgehead atoms. The van der Waals surface area contributed by atoms with Gasteiger partial charge in [-0.05, 0) is 41.8 Å². The van der Waals surface area contributed by atoms with Crippen LogP contribution in [0.3, 0.4) is 0 Å². The van der Waals surface area contributed by atoms with Crippen molar-refractivity contribution >= 4 is 5.91 Å². The zero-order chi connectivity index (χ0) is 14.9. The highest BCUT2D eigenvalue weighted by molar-refractivity contribution is 5.76. The Kier molecular flexibility index (Phi) is 3.25. The minimum atomic E-state index is 0.166. The van der Waals surface area contributed by atoms with Crippen molar-refractivity contribution in [3.63, 3.8) is 0 Å². The number of fused-ring (bicyclic) bond motifs is 2. The van der Waals surface area contributed by atoms with Gasteiger partial charge in [-0.25, -0.2) is 0 Å². The van der Waals surface area contributed by atoms with Crippen LogP contribution in [0, 0.1) is 0 Å². The van der Waals surface area contributed by atoms with Crippen LogP contribution in [-0.2, 0) is 24.2 Å². The molecule has 2 aliphatic heterocycles. The van der Waals surface area contributed by atoms with Crippen molar-refractivity contribution in [2.24, 2.45) is 0 Å². The van der Waals surface area contributed by atoms with E-state index in [2.05, 4.69) is 0 Å². The van der Waals surface area contributed by atoms with E-state index >= 15 is 0 Å². The van der Waals surface area contributed by atoms with Crippen LogP contribution in [0.4, 0.5) is 0 Å². The molecule has 1 aromatic heterocycles. The fraction of sp³-hybridized carbons (Fsp3) is 0.353. The van der Waals surface area contributed by atoms with Crippen molar-refractivity contribution in [1.29, 1.82) is 0 Å². The number of benzene rings is 1. The lowest BCUT2D eigenvalue weighted by atomic mass is 9.98. The quantitative estimate of drug-likeness (QED) is 0.874. The minimum Gasteiger partial charge on any atom is -0.469 e. The van der Waals surface area contributed by atoms with Crippen LogP contribution in [0.5, 0.6) is 11.5 Å². The molecule has 1 aromatic carbocycles. The Morgan fingerprint density at radius 3 is 2.77 bits per heavy atom. The van der Waals surface area contributed by atoms with Crippen molar-refractivity contribution in [3.05, 3.63) is 47.4 Å². The summed E-state index contributed by atoms with van der Waals surface area (Å²) >= 11 is 0. The molecule has 5 nitrogen and oxygen atoms in total. The van der Waals surface area contributed by atoms with Gasteiger partial charge in [0, 0.05) is 25.9 Å². The van der Waals surface area contributed by atoms with Gasteiger partial charge in [-0.15, -0.1) is 0 Å². The molecule has 0 saturated carbocycles. The fourth-order valence-electron chi connectivity index (χ4n) is 3.00. The Morgan fingerprint density at radius 2 is 2.00 bits per heavy atom. The second kappa shape index (κ2) is 5.40. The molecule has 114 valence electrons. The topological polar surface area (TPSA) is 51.9 Å². The normalized spacial score (nSPS) is 15.7. The third-order valence-corrected chi connectivity index (χ3v) is 4.23. The van der Waals surface area contributed by atoms with Gasteiger partial charge in [0.2, 0.25) is 12.7 Å². The van der Waals surface area contributed by atoms with E-state index in [-0.39, 0.29) is 12.7 Å². The monoisotopic (exact) mass is 299 g/mol. The number of carbonyl (C=O) groups is 1. The van der Waals surface area contributed by atoms with Gasteiger partial charge in [0.05, 0.1) is 6.26 Å². The summed E-state index contributed by atoms with van der Waals surface area (Å²) in [6.07, 6.45) is 3.63.